The monoisotopic (exact) mass is 376 g/mol. The Morgan fingerprint density at radius 2 is 1.89 bits per heavy atom. The van der Waals surface area contributed by atoms with Gasteiger partial charge in [0, 0.05) is 24.7 Å². The first-order valence-electron chi connectivity index (χ1n) is 9.81. The molecule has 1 aromatic rings. The molecule has 1 aliphatic heterocycles. The highest BCUT2D eigenvalue weighted by atomic mass is 16.4. The molecule has 1 saturated heterocycles. The first-order chi connectivity index (χ1) is 12.8. The molecule has 3 N–H and O–H groups in total. The molecule has 1 amide bonds. The minimum absolute atomic E-state index is 0.110. The van der Waals surface area contributed by atoms with Crippen LogP contribution in [0.1, 0.15) is 58.1 Å². The van der Waals surface area contributed by atoms with Crippen LogP contribution in [-0.2, 0) is 9.59 Å². The third-order valence-electron chi connectivity index (χ3n) is 5.07. The van der Waals surface area contributed by atoms with E-state index in [0.717, 1.165) is 43.6 Å². The van der Waals surface area contributed by atoms with E-state index in [1.54, 1.807) is 0 Å². The van der Waals surface area contributed by atoms with Gasteiger partial charge in [0.25, 0.3) is 0 Å². The van der Waals surface area contributed by atoms with Crippen LogP contribution >= 0.6 is 0 Å². The Kier molecular flexibility index (Phi) is 7.66. The highest BCUT2D eigenvalue weighted by Gasteiger charge is 2.23. The average Bonchev–Trinajstić information content (AvgIpc) is 2.61. The second-order valence-corrected chi connectivity index (χ2v) is 8.00. The van der Waals surface area contributed by atoms with Crippen molar-refractivity contribution in [3.63, 3.8) is 0 Å². The number of anilines is 1. The molecule has 6 heteroatoms. The molecule has 6 nitrogen and oxygen atoms in total. The molecule has 150 valence electrons. The highest BCUT2D eigenvalue weighted by molar-refractivity contribution is 5.79. The van der Waals surface area contributed by atoms with Crippen molar-refractivity contribution in [3.8, 4) is 0 Å². The zero-order valence-electron chi connectivity index (χ0n) is 16.5. The van der Waals surface area contributed by atoms with Crippen molar-refractivity contribution in [2.75, 3.05) is 18.0 Å². The number of hydrogen-bond donors (Lipinski definition) is 3. The Bertz CT molecular complexity index is 639. The summed E-state index contributed by atoms with van der Waals surface area (Å²) in [5.74, 6) is -0.806. The normalized spacial score (nSPS) is 17.6. The summed E-state index contributed by atoms with van der Waals surface area (Å²) in [4.78, 5) is 26.1. The quantitative estimate of drug-likeness (QED) is 0.649. The molecule has 1 aliphatic rings. The highest BCUT2D eigenvalue weighted by Crippen LogP contribution is 2.26. The molecule has 1 aromatic carbocycles. The number of aliphatic hydroxyl groups is 1. The van der Waals surface area contributed by atoms with Crippen LogP contribution in [0.25, 0.3) is 0 Å². The molecule has 0 aromatic heterocycles. The summed E-state index contributed by atoms with van der Waals surface area (Å²) in [5, 5.41) is 21.9. The lowest BCUT2D eigenvalue weighted by atomic mass is 9.96. The fourth-order valence-corrected chi connectivity index (χ4v) is 3.62. The number of nitrogens with one attached hydrogen (secondary N) is 1. The van der Waals surface area contributed by atoms with Gasteiger partial charge in [0.15, 0.2) is 0 Å². The number of nitrogens with zero attached hydrogens (tertiary/aromatic N) is 1. The fourth-order valence-electron chi connectivity index (χ4n) is 3.62. The van der Waals surface area contributed by atoms with Gasteiger partial charge in [0.1, 0.15) is 0 Å². The molecule has 2 atom stereocenters. The van der Waals surface area contributed by atoms with E-state index < -0.39 is 12.0 Å². The van der Waals surface area contributed by atoms with Crippen molar-refractivity contribution in [1.29, 1.82) is 0 Å². The van der Waals surface area contributed by atoms with E-state index in [2.05, 4.69) is 24.1 Å². The van der Waals surface area contributed by atoms with Crippen molar-refractivity contribution in [3.05, 3.63) is 29.8 Å². The molecule has 0 unspecified atom stereocenters. The van der Waals surface area contributed by atoms with Crippen LogP contribution in [-0.4, -0.2) is 41.3 Å². The number of hydrogen-bond acceptors (Lipinski definition) is 4. The number of carbonyl (C=O) groups is 2. The Balaban J connectivity index is 2.14. The smallest absolute Gasteiger partial charge is 0.305 e. The number of aliphatic carboxylic acids is 1. The molecule has 2 rings (SSSR count). The van der Waals surface area contributed by atoms with Gasteiger partial charge < -0.3 is 20.4 Å². The van der Waals surface area contributed by atoms with Crippen LogP contribution in [0.3, 0.4) is 0 Å². The summed E-state index contributed by atoms with van der Waals surface area (Å²) < 4.78 is 0. The van der Waals surface area contributed by atoms with E-state index >= 15 is 0 Å². The predicted octanol–water partition coefficient (Wildman–Crippen LogP) is 2.96. The zero-order chi connectivity index (χ0) is 20.0. The van der Waals surface area contributed by atoms with Crippen LogP contribution in [0.15, 0.2) is 24.3 Å². The number of carboxylic acid groups (broad SMARTS) is 1. The summed E-state index contributed by atoms with van der Waals surface area (Å²) in [6.07, 6.45) is 1.83. The first kappa shape index (κ1) is 21.2. The van der Waals surface area contributed by atoms with Gasteiger partial charge in [-0.05, 0) is 42.9 Å². The summed E-state index contributed by atoms with van der Waals surface area (Å²) in [6.45, 7) is 7.55. The number of rotatable bonds is 8. The van der Waals surface area contributed by atoms with Gasteiger partial charge in [-0.1, -0.05) is 32.9 Å². The van der Waals surface area contributed by atoms with Gasteiger partial charge in [0.2, 0.25) is 5.91 Å². The van der Waals surface area contributed by atoms with Gasteiger partial charge in [-0.25, -0.2) is 0 Å². The van der Waals surface area contributed by atoms with Crippen LogP contribution in [0, 0.1) is 11.8 Å². The van der Waals surface area contributed by atoms with E-state index in [1.807, 2.05) is 31.2 Å². The van der Waals surface area contributed by atoms with Crippen molar-refractivity contribution in [2.45, 2.75) is 58.6 Å². The minimum atomic E-state index is -0.941. The number of amides is 1. The number of aliphatic hydroxyl groups excluding tert-OH is 1. The number of piperidine rings is 1. The Morgan fingerprint density at radius 3 is 2.48 bits per heavy atom. The zero-order valence-corrected chi connectivity index (χ0v) is 16.5. The number of benzene rings is 1. The third kappa shape index (κ3) is 6.54. The molecule has 0 bridgehead atoms. The Hall–Kier alpha value is -2.08. The van der Waals surface area contributed by atoms with Crippen LogP contribution in [0.5, 0.6) is 0 Å². The van der Waals surface area contributed by atoms with Gasteiger partial charge in [-0.15, -0.1) is 0 Å². The predicted molar refractivity (Wildman–Crippen MR) is 106 cm³/mol. The molecule has 0 radical (unpaired) electrons. The SMILES string of the molecule is CC(C)C[C@H](C)C(=O)N[C@@H](CC(=O)O)c1cccc(N2CCC(O)CC2)c1. The van der Waals surface area contributed by atoms with Crippen LogP contribution < -0.4 is 10.2 Å². The Morgan fingerprint density at radius 1 is 1.22 bits per heavy atom. The lowest BCUT2D eigenvalue weighted by molar-refractivity contribution is -0.138. The van der Waals surface area contributed by atoms with Crippen molar-refractivity contribution in [1.82, 2.24) is 5.32 Å². The van der Waals surface area contributed by atoms with Crippen molar-refractivity contribution >= 4 is 17.6 Å². The molecule has 1 heterocycles. The van der Waals surface area contributed by atoms with Gasteiger partial charge in [-0.2, -0.15) is 0 Å². The fraction of sp³-hybridized carbons (Fsp3) is 0.619. The van der Waals surface area contributed by atoms with E-state index in [-0.39, 0.29) is 24.3 Å². The molecular weight excluding hydrogens is 344 g/mol. The summed E-state index contributed by atoms with van der Waals surface area (Å²) in [7, 11) is 0. The van der Waals surface area contributed by atoms with Gasteiger partial charge >= 0.3 is 5.97 Å². The van der Waals surface area contributed by atoms with E-state index in [0.29, 0.717) is 5.92 Å². The maximum atomic E-state index is 12.5. The molecular formula is C21H32N2O4. The van der Waals surface area contributed by atoms with E-state index in [9.17, 15) is 19.8 Å². The minimum Gasteiger partial charge on any atom is -0.481 e. The first-order valence-corrected chi connectivity index (χ1v) is 9.81. The Labute approximate surface area is 161 Å². The van der Waals surface area contributed by atoms with Crippen LogP contribution in [0.4, 0.5) is 5.69 Å². The molecule has 0 aliphatic carbocycles. The second kappa shape index (κ2) is 9.74. The summed E-state index contributed by atoms with van der Waals surface area (Å²) in [6, 6.07) is 7.15. The topological polar surface area (TPSA) is 89.9 Å². The molecule has 0 saturated carbocycles. The third-order valence-corrected chi connectivity index (χ3v) is 5.07. The largest absolute Gasteiger partial charge is 0.481 e. The molecule has 0 spiro atoms. The van der Waals surface area contributed by atoms with E-state index in [1.165, 1.54) is 0 Å². The lowest BCUT2D eigenvalue weighted by Gasteiger charge is -2.32. The standard InChI is InChI=1S/C21H32N2O4/c1-14(2)11-15(3)21(27)22-19(13-20(25)26)16-5-4-6-17(12-16)23-9-7-18(24)8-10-23/h4-6,12,14-15,18-19,24H,7-11,13H2,1-3H3,(H,22,27)(H,25,26)/t15-,19-/m0/s1. The van der Waals surface area contributed by atoms with Crippen LogP contribution in [0.2, 0.25) is 0 Å². The van der Waals surface area contributed by atoms with Crippen molar-refractivity contribution < 1.29 is 19.8 Å². The van der Waals surface area contributed by atoms with Gasteiger partial charge in [-0.3, -0.25) is 9.59 Å². The maximum absolute atomic E-state index is 12.5. The second-order valence-electron chi connectivity index (χ2n) is 8.00. The average molecular weight is 376 g/mol. The van der Waals surface area contributed by atoms with E-state index in [4.69, 9.17) is 0 Å². The maximum Gasteiger partial charge on any atom is 0.305 e. The lowest BCUT2D eigenvalue weighted by Crippen LogP contribution is -2.36. The number of carboxylic acids is 1. The molecule has 27 heavy (non-hydrogen) atoms. The van der Waals surface area contributed by atoms with Crippen molar-refractivity contribution in [2.24, 2.45) is 11.8 Å². The number of carbonyl (C=O) groups excluding carboxylic acids is 1. The summed E-state index contributed by atoms with van der Waals surface area (Å²) >= 11 is 0. The summed E-state index contributed by atoms with van der Waals surface area (Å²) in [5.41, 5.74) is 1.80. The van der Waals surface area contributed by atoms with Gasteiger partial charge in [0.05, 0.1) is 18.6 Å². The molecule has 1 fully saturated rings.